The van der Waals surface area contributed by atoms with E-state index in [1.54, 1.807) is 4.90 Å². The molecule has 0 radical (unpaired) electrons. The maximum absolute atomic E-state index is 12.8. The van der Waals surface area contributed by atoms with E-state index in [0.29, 0.717) is 6.01 Å². The van der Waals surface area contributed by atoms with Gasteiger partial charge < -0.3 is 19.1 Å². The highest BCUT2D eigenvalue weighted by atomic mass is 16.4. The molecule has 3 aromatic rings. The van der Waals surface area contributed by atoms with Gasteiger partial charge in [0.05, 0.1) is 0 Å². The van der Waals surface area contributed by atoms with E-state index in [0.717, 1.165) is 43.2 Å². The van der Waals surface area contributed by atoms with Crippen LogP contribution in [0.25, 0.3) is 11.3 Å². The number of likely N-dealkylation sites (N-methyl/N-ethyl adjacent to an activating group) is 1. The summed E-state index contributed by atoms with van der Waals surface area (Å²) in [4.78, 5) is 23.4. The van der Waals surface area contributed by atoms with Gasteiger partial charge in [0.2, 0.25) is 5.91 Å². The van der Waals surface area contributed by atoms with Crippen LogP contribution in [-0.2, 0) is 4.79 Å². The van der Waals surface area contributed by atoms with Crippen molar-refractivity contribution in [3.8, 4) is 11.3 Å². The molecular formula is C23H26N4O2. The van der Waals surface area contributed by atoms with E-state index >= 15 is 0 Å². The highest BCUT2D eigenvalue weighted by Gasteiger charge is 2.24. The Hall–Kier alpha value is -3.28. The maximum Gasteiger partial charge on any atom is 0.298 e. The predicted molar refractivity (Wildman–Crippen MR) is 115 cm³/mol. The molecule has 0 N–H and O–H groups in total. The Labute approximate surface area is 171 Å². The molecule has 0 aliphatic carbocycles. The Balaban J connectivity index is 1.36. The lowest BCUT2D eigenvalue weighted by atomic mass is 10.1. The Morgan fingerprint density at radius 1 is 1.00 bits per heavy atom. The summed E-state index contributed by atoms with van der Waals surface area (Å²) < 4.78 is 5.83. The number of carbonyl (C=O) groups excluding carboxylic acids is 1. The largest absolute Gasteiger partial charge is 0.428 e. The number of hydrogen-bond acceptors (Lipinski definition) is 5. The number of para-hydroxylation sites is 1. The summed E-state index contributed by atoms with van der Waals surface area (Å²) in [6.45, 7) is 5.28. The number of piperazine rings is 1. The second-order valence-corrected chi connectivity index (χ2v) is 7.33. The monoisotopic (exact) mass is 390 g/mol. The molecule has 1 fully saturated rings. The van der Waals surface area contributed by atoms with Gasteiger partial charge >= 0.3 is 0 Å². The summed E-state index contributed by atoms with van der Waals surface area (Å²) in [5, 5.41) is 0. The lowest BCUT2D eigenvalue weighted by molar-refractivity contribution is -0.130. The van der Waals surface area contributed by atoms with Crippen LogP contribution in [0, 0.1) is 6.92 Å². The smallest absolute Gasteiger partial charge is 0.298 e. The minimum atomic E-state index is 0.0947. The van der Waals surface area contributed by atoms with Crippen LogP contribution in [0.5, 0.6) is 0 Å². The van der Waals surface area contributed by atoms with Crippen molar-refractivity contribution in [1.29, 1.82) is 0 Å². The highest BCUT2D eigenvalue weighted by molar-refractivity contribution is 5.81. The number of aryl methyl sites for hydroxylation is 1. The quantitative estimate of drug-likeness (QED) is 0.668. The van der Waals surface area contributed by atoms with Crippen molar-refractivity contribution in [3.05, 3.63) is 66.4 Å². The minimum absolute atomic E-state index is 0.0947. The fourth-order valence-electron chi connectivity index (χ4n) is 3.63. The molecule has 0 spiro atoms. The SMILES string of the molecule is Cc1oc(N(C)CC(=O)N2CCN(c3ccccc3)CC2)nc1-c1ccccc1. The molecule has 1 amide bonds. The van der Waals surface area contributed by atoms with Crippen molar-refractivity contribution in [3.63, 3.8) is 0 Å². The maximum atomic E-state index is 12.8. The van der Waals surface area contributed by atoms with Crippen LogP contribution < -0.4 is 9.80 Å². The molecule has 1 aromatic heterocycles. The van der Waals surface area contributed by atoms with E-state index in [4.69, 9.17) is 4.42 Å². The van der Waals surface area contributed by atoms with Gasteiger partial charge in [-0.25, -0.2) is 0 Å². The molecule has 150 valence electrons. The van der Waals surface area contributed by atoms with Gasteiger partial charge in [-0.1, -0.05) is 48.5 Å². The number of amides is 1. The summed E-state index contributed by atoms with van der Waals surface area (Å²) in [6, 6.07) is 20.7. The fraction of sp³-hybridized carbons (Fsp3) is 0.304. The first-order valence-corrected chi connectivity index (χ1v) is 9.93. The first-order chi connectivity index (χ1) is 14.1. The number of hydrogen-bond donors (Lipinski definition) is 0. The number of aromatic nitrogens is 1. The molecule has 0 atom stereocenters. The summed E-state index contributed by atoms with van der Waals surface area (Å²) in [5.41, 5.74) is 3.04. The highest BCUT2D eigenvalue weighted by Crippen LogP contribution is 2.26. The van der Waals surface area contributed by atoms with Gasteiger partial charge in [0.1, 0.15) is 18.0 Å². The third kappa shape index (κ3) is 4.26. The zero-order valence-corrected chi connectivity index (χ0v) is 16.9. The second kappa shape index (κ2) is 8.39. The van der Waals surface area contributed by atoms with Gasteiger partial charge in [-0.2, -0.15) is 4.98 Å². The summed E-state index contributed by atoms with van der Waals surface area (Å²) in [6.07, 6.45) is 0. The van der Waals surface area contributed by atoms with Crippen LogP contribution in [-0.4, -0.2) is 55.6 Å². The Kier molecular flexibility index (Phi) is 5.51. The average molecular weight is 390 g/mol. The number of oxazole rings is 1. The first kappa shape index (κ1) is 19.1. The number of rotatable bonds is 5. The molecule has 4 rings (SSSR count). The summed E-state index contributed by atoms with van der Waals surface area (Å²) >= 11 is 0. The fourth-order valence-corrected chi connectivity index (χ4v) is 3.63. The molecule has 2 aromatic carbocycles. The van der Waals surface area contributed by atoms with Crippen LogP contribution in [0.3, 0.4) is 0 Å². The third-order valence-electron chi connectivity index (χ3n) is 5.29. The molecule has 0 saturated carbocycles. The van der Waals surface area contributed by atoms with Crippen LogP contribution in [0.1, 0.15) is 5.76 Å². The molecule has 1 aliphatic heterocycles. The van der Waals surface area contributed by atoms with Gasteiger partial charge in [0, 0.05) is 44.5 Å². The molecule has 29 heavy (non-hydrogen) atoms. The molecule has 6 heteroatoms. The van der Waals surface area contributed by atoms with Crippen molar-refractivity contribution in [1.82, 2.24) is 9.88 Å². The summed E-state index contributed by atoms with van der Waals surface area (Å²) in [5.74, 6) is 0.847. The topological polar surface area (TPSA) is 52.8 Å². The van der Waals surface area contributed by atoms with Crippen LogP contribution in [0.4, 0.5) is 11.7 Å². The molecule has 1 aliphatic rings. The third-order valence-corrected chi connectivity index (χ3v) is 5.29. The number of carbonyl (C=O) groups is 1. The van der Waals surface area contributed by atoms with E-state index in [1.807, 2.05) is 67.4 Å². The van der Waals surface area contributed by atoms with Gasteiger partial charge in [-0.3, -0.25) is 4.79 Å². The van der Waals surface area contributed by atoms with E-state index in [2.05, 4.69) is 22.0 Å². The summed E-state index contributed by atoms with van der Waals surface area (Å²) in [7, 11) is 1.85. The lowest BCUT2D eigenvalue weighted by Crippen LogP contribution is -2.51. The number of nitrogens with zero attached hydrogens (tertiary/aromatic N) is 4. The average Bonchev–Trinajstić information content (AvgIpc) is 3.17. The Morgan fingerprint density at radius 2 is 1.62 bits per heavy atom. The first-order valence-electron chi connectivity index (χ1n) is 9.93. The van der Waals surface area contributed by atoms with Crippen molar-refractivity contribution in [2.24, 2.45) is 0 Å². The Bertz CT molecular complexity index is 948. The van der Waals surface area contributed by atoms with Crippen molar-refractivity contribution >= 4 is 17.6 Å². The molecule has 0 unspecified atom stereocenters. The molecule has 6 nitrogen and oxygen atoms in total. The minimum Gasteiger partial charge on any atom is -0.428 e. The zero-order chi connectivity index (χ0) is 20.2. The van der Waals surface area contributed by atoms with Crippen LogP contribution in [0.15, 0.2) is 65.1 Å². The molecule has 1 saturated heterocycles. The normalized spacial score (nSPS) is 14.1. The van der Waals surface area contributed by atoms with Gasteiger partial charge in [0.15, 0.2) is 0 Å². The second-order valence-electron chi connectivity index (χ2n) is 7.33. The zero-order valence-electron chi connectivity index (χ0n) is 16.9. The van der Waals surface area contributed by atoms with Crippen LogP contribution in [0.2, 0.25) is 0 Å². The van der Waals surface area contributed by atoms with Gasteiger partial charge in [0.25, 0.3) is 6.01 Å². The van der Waals surface area contributed by atoms with Crippen molar-refractivity contribution in [2.45, 2.75) is 6.92 Å². The molecular weight excluding hydrogens is 364 g/mol. The van der Waals surface area contributed by atoms with Crippen molar-refractivity contribution < 1.29 is 9.21 Å². The standard InChI is InChI=1S/C23H26N4O2/c1-18-22(19-9-5-3-6-10-19)24-23(29-18)25(2)17-21(28)27-15-13-26(14-16-27)20-11-7-4-8-12-20/h3-12H,13-17H2,1-2H3. The number of anilines is 2. The molecule has 0 bridgehead atoms. The van der Waals surface area contributed by atoms with E-state index in [9.17, 15) is 4.79 Å². The lowest BCUT2D eigenvalue weighted by Gasteiger charge is -2.36. The van der Waals surface area contributed by atoms with Crippen molar-refractivity contribution in [2.75, 3.05) is 49.6 Å². The van der Waals surface area contributed by atoms with E-state index in [1.165, 1.54) is 5.69 Å². The van der Waals surface area contributed by atoms with Gasteiger partial charge in [-0.05, 0) is 19.1 Å². The molecule has 2 heterocycles. The van der Waals surface area contributed by atoms with Gasteiger partial charge in [-0.15, -0.1) is 0 Å². The predicted octanol–water partition coefficient (Wildman–Crippen LogP) is 3.44. The van der Waals surface area contributed by atoms with E-state index in [-0.39, 0.29) is 12.5 Å². The van der Waals surface area contributed by atoms with Crippen LogP contribution >= 0.6 is 0 Å². The number of benzene rings is 2. The Morgan fingerprint density at radius 3 is 2.28 bits per heavy atom. The van der Waals surface area contributed by atoms with E-state index < -0.39 is 0 Å².